The highest BCUT2D eigenvalue weighted by atomic mass is 16.5. The van der Waals surface area contributed by atoms with E-state index in [-0.39, 0.29) is 6.61 Å². The molecule has 1 saturated heterocycles. The number of benzene rings is 1. The van der Waals surface area contributed by atoms with Crippen molar-refractivity contribution < 1.29 is 9.84 Å². The highest BCUT2D eigenvalue weighted by molar-refractivity contribution is 5.14. The van der Waals surface area contributed by atoms with Crippen LogP contribution in [0.1, 0.15) is 37.7 Å². The van der Waals surface area contributed by atoms with Crippen LogP contribution in [0.4, 0.5) is 0 Å². The van der Waals surface area contributed by atoms with E-state index in [0.717, 1.165) is 26.1 Å². The fraction of sp³-hybridized carbons (Fsp3) is 0.667. The average Bonchev–Trinajstić information content (AvgIpc) is 3.35. The fourth-order valence-corrected chi connectivity index (χ4v) is 3.39. The number of ether oxygens (including phenoxy) is 1. The molecule has 1 N–H and O–H groups in total. The van der Waals surface area contributed by atoms with Gasteiger partial charge in [0.25, 0.3) is 0 Å². The van der Waals surface area contributed by atoms with Crippen molar-refractivity contribution in [2.75, 3.05) is 19.8 Å². The Balaban J connectivity index is 1.66. The summed E-state index contributed by atoms with van der Waals surface area (Å²) < 4.78 is 5.92. The molecule has 0 bridgehead atoms. The lowest BCUT2D eigenvalue weighted by molar-refractivity contribution is -0.0242. The zero-order valence-electron chi connectivity index (χ0n) is 12.8. The molecule has 1 aliphatic heterocycles. The standard InChI is InChI=1S/C18H27NO2/c20-14-18(16-9-10-16)19(12-15-6-2-1-3-7-15)13-17-8-4-5-11-21-17/h1-3,6-7,16-18,20H,4-5,8-14H2. The molecule has 0 radical (unpaired) electrons. The minimum absolute atomic E-state index is 0.268. The SMILES string of the molecule is OCC(C1CC1)N(Cc1ccccc1)CC1CCCCO1. The van der Waals surface area contributed by atoms with Crippen molar-refractivity contribution in [3.05, 3.63) is 35.9 Å². The second-order valence-electron chi connectivity index (χ2n) is 6.49. The van der Waals surface area contributed by atoms with Gasteiger partial charge in [0.2, 0.25) is 0 Å². The number of rotatable bonds is 7. The van der Waals surface area contributed by atoms with Crippen LogP contribution < -0.4 is 0 Å². The van der Waals surface area contributed by atoms with E-state index in [0.29, 0.717) is 18.1 Å². The molecule has 1 saturated carbocycles. The normalized spacial score (nSPS) is 24.2. The van der Waals surface area contributed by atoms with Gasteiger partial charge in [-0.05, 0) is 43.6 Å². The van der Waals surface area contributed by atoms with Crippen molar-refractivity contribution in [2.45, 2.75) is 50.8 Å². The molecule has 1 aromatic carbocycles. The van der Waals surface area contributed by atoms with Gasteiger partial charge in [-0.2, -0.15) is 0 Å². The lowest BCUT2D eigenvalue weighted by Gasteiger charge is -2.35. The first kappa shape index (κ1) is 15.0. The molecule has 2 fully saturated rings. The van der Waals surface area contributed by atoms with Gasteiger partial charge in [-0.15, -0.1) is 0 Å². The molecule has 3 rings (SSSR count). The maximum Gasteiger partial charge on any atom is 0.0702 e. The maximum absolute atomic E-state index is 9.83. The molecule has 2 unspecified atom stereocenters. The third kappa shape index (κ3) is 4.29. The van der Waals surface area contributed by atoms with Gasteiger partial charge >= 0.3 is 0 Å². The number of hydrogen-bond acceptors (Lipinski definition) is 3. The lowest BCUT2D eigenvalue weighted by atomic mass is 10.1. The summed E-state index contributed by atoms with van der Waals surface area (Å²) in [5.74, 6) is 0.683. The zero-order valence-corrected chi connectivity index (χ0v) is 12.8. The number of aliphatic hydroxyl groups excluding tert-OH is 1. The molecule has 1 heterocycles. The Labute approximate surface area is 127 Å². The van der Waals surface area contributed by atoms with Crippen LogP contribution in [-0.2, 0) is 11.3 Å². The summed E-state index contributed by atoms with van der Waals surface area (Å²) in [4.78, 5) is 2.46. The van der Waals surface area contributed by atoms with Gasteiger partial charge in [-0.3, -0.25) is 4.90 Å². The van der Waals surface area contributed by atoms with Crippen LogP contribution in [0.15, 0.2) is 30.3 Å². The van der Waals surface area contributed by atoms with Crippen LogP contribution in [0.2, 0.25) is 0 Å². The second kappa shape index (κ2) is 7.39. The van der Waals surface area contributed by atoms with Gasteiger partial charge in [-0.25, -0.2) is 0 Å². The van der Waals surface area contributed by atoms with E-state index in [4.69, 9.17) is 4.74 Å². The second-order valence-corrected chi connectivity index (χ2v) is 6.49. The minimum Gasteiger partial charge on any atom is -0.395 e. The maximum atomic E-state index is 9.83. The molecule has 1 aromatic rings. The Hall–Kier alpha value is -0.900. The summed E-state index contributed by atoms with van der Waals surface area (Å²) in [6, 6.07) is 10.9. The quantitative estimate of drug-likeness (QED) is 0.838. The van der Waals surface area contributed by atoms with E-state index in [1.165, 1.54) is 31.2 Å². The summed E-state index contributed by atoms with van der Waals surface area (Å²) in [7, 11) is 0. The first-order valence-corrected chi connectivity index (χ1v) is 8.37. The summed E-state index contributed by atoms with van der Waals surface area (Å²) in [6.45, 7) is 3.04. The van der Waals surface area contributed by atoms with Crippen LogP contribution in [0.25, 0.3) is 0 Å². The van der Waals surface area contributed by atoms with Crippen LogP contribution in [0.5, 0.6) is 0 Å². The smallest absolute Gasteiger partial charge is 0.0702 e. The summed E-state index contributed by atoms with van der Waals surface area (Å²) in [5.41, 5.74) is 1.33. The first-order chi connectivity index (χ1) is 10.4. The highest BCUT2D eigenvalue weighted by Crippen LogP contribution is 2.36. The van der Waals surface area contributed by atoms with Gasteiger partial charge < -0.3 is 9.84 Å². The van der Waals surface area contributed by atoms with Gasteiger partial charge in [0, 0.05) is 25.7 Å². The van der Waals surface area contributed by atoms with E-state index in [2.05, 4.69) is 35.2 Å². The molecule has 0 amide bonds. The Morgan fingerprint density at radius 1 is 1.14 bits per heavy atom. The zero-order chi connectivity index (χ0) is 14.5. The third-order valence-corrected chi connectivity index (χ3v) is 4.76. The van der Waals surface area contributed by atoms with E-state index < -0.39 is 0 Å². The minimum atomic E-state index is 0.268. The monoisotopic (exact) mass is 289 g/mol. The topological polar surface area (TPSA) is 32.7 Å². The van der Waals surface area contributed by atoms with Crippen molar-refractivity contribution in [1.82, 2.24) is 4.90 Å². The van der Waals surface area contributed by atoms with E-state index >= 15 is 0 Å². The Bertz CT molecular complexity index is 412. The van der Waals surface area contributed by atoms with E-state index in [9.17, 15) is 5.11 Å². The van der Waals surface area contributed by atoms with Crippen LogP contribution >= 0.6 is 0 Å². The number of nitrogens with zero attached hydrogens (tertiary/aromatic N) is 1. The molecule has 3 nitrogen and oxygen atoms in total. The molecule has 0 aromatic heterocycles. The molecular weight excluding hydrogens is 262 g/mol. The number of hydrogen-bond donors (Lipinski definition) is 1. The van der Waals surface area contributed by atoms with Crippen LogP contribution in [0, 0.1) is 5.92 Å². The highest BCUT2D eigenvalue weighted by Gasteiger charge is 2.35. The molecular formula is C18H27NO2. The molecule has 2 atom stereocenters. The number of aliphatic hydroxyl groups is 1. The predicted octanol–water partition coefficient (Wildman–Crippen LogP) is 2.83. The predicted molar refractivity (Wildman–Crippen MR) is 84.0 cm³/mol. The van der Waals surface area contributed by atoms with Crippen molar-refractivity contribution in [1.29, 1.82) is 0 Å². The molecule has 3 heteroatoms. The Kier molecular flexibility index (Phi) is 5.28. The van der Waals surface area contributed by atoms with E-state index in [1.807, 2.05) is 0 Å². The van der Waals surface area contributed by atoms with Crippen LogP contribution in [0.3, 0.4) is 0 Å². The fourth-order valence-electron chi connectivity index (χ4n) is 3.39. The van der Waals surface area contributed by atoms with Crippen molar-refractivity contribution in [2.24, 2.45) is 5.92 Å². The lowest BCUT2D eigenvalue weighted by Crippen LogP contribution is -2.44. The molecule has 116 valence electrons. The molecule has 1 aliphatic carbocycles. The summed E-state index contributed by atoms with van der Waals surface area (Å²) >= 11 is 0. The summed E-state index contributed by atoms with van der Waals surface area (Å²) in [5, 5.41) is 9.83. The largest absolute Gasteiger partial charge is 0.395 e. The third-order valence-electron chi connectivity index (χ3n) is 4.76. The average molecular weight is 289 g/mol. The van der Waals surface area contributed by atoms with Gasteiger partial charge in [-0.1, -0.05) is 30.3 Å². The molecule has 0 spiro atoms. The van der Waals surface area contributed by atoms with Crippen molar-refractivity contribution >= 4 is 0 Å². The van der Waals surface area contributed by atoms with E-state index in [1.54, 1.807) is 0 Å². The van der Waals surface area contributed by atoms with Gasteiger partial charge in [0.05, 0.1) is 12.7 Å². The Morgan fingerprint density at radius 2 is 1.95 bits per heavy atom. The Morgan fingerprint density at radius 3 is 2.57 bits per heavy atom. The molecule has 21 heavy (non-hydrogen) atoms. The first-order valence-electron chi connectivity index (χ1n) is 8.37. The molecule has 2 aliphatic rings. The van der Waals surface area contributed by atoms with Gasteiger partial charge in [0.1, 0.15) is 0 Å². The van der Waals surface area contributed by atoms with Gasteiger partial charge in [0.15, 0.2) is 0 Å². The van der Waals surface area contributed by atoms with Crippen molar-refractivity contribution in [3.63, 3.8) is 0 Å². The van der Waals surface area contributed by atoms with Crippen molar-refractivity contribution in [3.8, 4) is 0 Å². The van der Waals surface area contributed by atoms with Crippen LogP contribution in [-0.4, -0.2) is 41.9 Å². The summed E-state index contributed by atoms with van der Waals surface area (Å²) in [6.07, 6.45) is 6.51.